The molecule has 0 saturated carbocycles. The van der Waals surface area contributed by atoms with Gasteiger partial charge in [0.05, 0.1) is 10.7 Å². The van der Waals surface area contributed by atoms with Crippen LogP contribution in [0.2, 0.25) is 0 Å². The predicted octanol–water partition coefficient (Wildman–Crippen LogP) is 1.07. The Bertz CT molecular complexity index is 579. The number of likely N-dealkylation sites (tertiary alicyclic amines) is 1. The summed E-state index contributed by atoms with van der Waals surface area (Å²) in [7, 11) is -2.91. The molecule has 0 aromatic heterocycles. The van der Waals surface area contributed by atoms with Gasteiger partial charge in [0, 0.05) is 38.0 Å². The second kappa shape index (κ2) is 5.26. The lowest BCUT2D eigenvalue weighted by Gasteiger charge is -2.38. The molecule has 6 nitrogen and oxygen atoms in total. The molecule has 1 heterocycles. The molecule has 7 heteroatoms. The van der Waals surface area contributed by atoms with E-state index >= 15 is 0 Å². The van der Waals surface area contributed by atoms with Gasteiger partial charge in [0.15, 0.2) is 0 Å². The van der Waals surface area contributed by atoms with E-state index in [4.69, 9.17) is 0 Å². The topological polar surface area (TPSA) is 80.5 Å². The zero-order valence-corrected chi connectivity index (χ0v) is 11.5. The monoisotopic (exact) mass is 284 g/mol. The molecule has 1 aliphatic heterocycles. The van der Waals surface area contributed by atoms with Crippen molar-refractivity contribution < 1.29 is 13.3 Å². The first-order chi connectivity index (χ1) is 8.83. The van der Waals surface area contributed by atoms with Crippen LogP contribution >= 0.6 is 0 Å². The Morgan fingerprint density at radius 1 is 1.42 bits per heavy atom. The first-order valence-corrected chi connectivity index (χ1v) is 8.03. The summed E-state index contributed by atoms with van der Waals surface area (Å²) < 4.78 is 22.3. The van der Waals surface area contributed by atoms with Crippen molar-refractivity contribution in [1.82, 2.24) is 4.90 Å². The highest BCUT2D eigenvalue weighted by Crippen LogP contribution is 2.21. The third-order valence-corrected chi connectivity index (χ3v) is 4.18. The number of hydrogen-bond donors (Lipinski definition) is 0. The number of nitrogens with zero attached hydrogens (tertiary/aromatic N) is 2. The standard InChI is InChI=1S/C12H16N2O4S/c1-19(17,18)9-11-7-13(8-11)6-10-3-2-4-12(5-10)14(15)16/h2-5,11H,6-9H2,1H3. The molecule has 1 fully saturated rings. The summed E-state index contributed by atoms with van der Waals surface area (Å²) in [6.45, 7) is 2.09. The molecule has 1 aliphatic rings. The van der Waals surface area contributed by atoms with Gasteiger partial charge in [-0.05, 0) is 11.5 Å². The van der Waals surface area contributed by atoms with Crippen LogP contribution < -0.4 is 0 Å². The number of rotatable bonds is 5. The van der Waals surface area contributed by atoms with Crippen LogP contribution in [0.1, 0.15) is 5.56 Å². The van der Waals surface area contributed by atoms with Crippen molar-refractivity contribution in [3.05, 3.63) is 39.9 Å². The van der Waals surface area contributed by atoms with Crippen molar-refractivity contribution in [3.63, 3.8) is 0 Å². The summed E-state index contributed by atoms with van der Waals surface area (Å²) in [4.78, 5) is 12.3. The molecule has 0 amide bonds. The van der Waals surface area contributed by atoms with Crippen LogP contribution in [0.5, 0.6) is 0 Å². The van der Waals surface area contributed by atoms with Gasteiger partial charge in [-0.2, -0.15) is 0 Å². The van der Waals surface area contributed by atoms with E-state index in [9.17, 15) is 18.5 Å². The van der Waals surface area contributed by atoms with Gasteiger partial charge < -0.3 is 0 Å². The molecule has 1 aromatic carbocycles. The Hall–Kier alpha value is -1.47. The lowest BCUT2D eigenvalue weighted by molar-refractivity contribution is -0.384. The molecule has 0 atom stereocenters. The molecule has 0 aliphatic carbocycles. The van der Waals surface area contributed by atoms with Gasteiger partial charge in [0.2, 0.25) is 0 Å². The fraction of sp³-hybridized carbons (Fsp3) is 0.500. The zero-order valence-electron chi connectivity index (χ0n) is 10.7. The average Bonchev–Trinajstić information content (AvgIpc) is 2.25. The average molecular weight is 284 g/mol. The van der Waals surface area contributed by atoms with Gasteiger partial charge in [-0.3, -0.25) is 15.0 Å². The minimum Gasteiger partial charge on any atom is -0.298 e. The quantitative estimate of drug-likeness (QED) is 0.597. The second-order valence-corrected chi connectivity index (χ2v) is 7.26. The zero-order chi connectivity index (χ0) is 14.0. The molecule has 19 heavy (non-hydrogen) atoms. The van der Waals surface area contributed by atoms with Crippen LogP contribution in [0.15, 0.2) is 24.3 Å². The van der Waals surface area contributed by atoms with Gasteiger partial charge in [-0.1, -0.05) is 12.1 Å². The molecule has 0 N–H and O–H groups in total. The van der Waals surface area contributed by atoms with Gasteiger partial charge in [0.1, 0.15) is 9.84 Å². The minimum absolute atomic E-state index is 0.0886. The van der Waals surface area contributed by atoms with Gasteiger partial charge >= 0.3 is 0 Å². The Balaban J connectivity index is 1.88. The normalized spacial score (nSPS) is 17.1. The fourth-order valence-electron chi connectivity index (χ4n) is 2.37. The summed E-state index contributed by atoms with van der Waals surface area (Å²) in [5, 5.41) is 10.7. The highest BCUT2D eigenvalue weighted by Gasteiger charge is 2.29. The molecule has 0 bridgehead atoms. The lowest BCUT2D eigenvalue weighted by Crippen LogP contribution is -2.48. The molecule has 0 spiro atoms. The van der Waals surface area contributed by atoms with Crippen LogP contribution in [-0.2, 0) is 16.4 Å². The molecular formula is C12H16N2O4S. The van der Waals surface area contributed by atoms with Crippen LogP contribution in [0.3, 0.4) is 0 Å². The summed E-state index contributed by atoms with van der Waals surface area (Å²) in [5.41, 5.74) is 0.970. The maximum atomic E-state index is 11.1. The highest BCUT2D eigenvalue weighted by atomic mass is 32.2. The SMILES string of the molecule is CS(=O)(=O)CC1CN(Cc2cccc([N+](=O)[O-])c2)C1. The molecule has 0 radical (unpaired) electrons. The fourth-order valence-corrected chi connectivity index (χ4v) is 3.43. The summed E-state index contributed by atoms with van der Waals surface area (Å²) in [6.07, 6.45) is 1.25. The van der Waals surface area contributed by atoms with Crippen molar-refractivity contribution in [2.45, 2.75) is 6.54 Å². The van der Waals surface area contributed by atoms with Crippen LogP contribution in [0.25, 0.3) is 0 Å². The van der Waals surface area contributed by atoms with Gasteiger partial charge in [-0.25, -0.2) is 8.42 Å². The summed E-state index contributed by atoms with van der Waals surface area (Å²) in [6, 6.07) is 6.54. The van der Waals surface area contributed by atoms with Crippen molar-refractivity contribution in [3.8, 4) is 0 Å². The molecule has 1 saturated heterocycles. The minimum atomic E-state index is -2.91. The number of hydrogen-bond acceptors (Lipinski definition) is 5. The number of nitro groups is 1. The lowest BCUT2D eigenvalue weighted by atomic mass is 10.0. The van der Waals surface area contributed by atoms with E-state index in [-0.39, 0.29) is 17.4 Å². The second-order valence-electron chi connectivity index (χ2n) is 5.08. The van der Waals surface area contributed by atoms with Crippen molar-refractivity contribution in [1.29, 1.82) is 0 Å². The Morgan fingerprint density at radius 2 is 2.11 bits per heavy atom. The Labute approximate surface area is 112 Å². The van der Waals surface area contributed by atoms with E-state index in [2.05, 4.69) is 4.90 Å². The number of sulfone groups is 1. The summed E-state index contributed by atoms with van der Waals surface area (Å²) >= 11 is 0. The van der Waals surface area contributed by atoms with Gasteiger partial charge in [0.25, 0.3) is 5.69 Å². The molecular weight excluding hydrogens is 268 g/mol. The maximum absolute atomic E-state index is 11.1. The maximum Gasteiger partial charge on any atom is 0.269 e. The van der Waals surface area contributed by atoms with Crippen LogP contribution in [-0.4, -0.2) is 43.3 Å². The predicted molar refractivity (Wildman–Crippen MR) is 71.6 cm³/mol. The van der Waals surface area contributed by atoms with E-state index in [1.165, 1.54) is 12.3 Å². The molecule has 0 unspecified atom stereocenters. The van der Waals surface area contributed by atoms with E-state index in [0.717, 1.165) is 18.7 Å². The highest BCUT2D eigenvalue weighted by molar-refractivity contribution is 7.90. The van der Waals surface area contributed by atoms with E-state index in [0.29, 0.717) is 6.54 Å². The number of benzene rings is 1. The van der Waals surface area contributed by atoms with Crippen molar-refractivity contribution >= 4 is 15.5 Å². The Morgan fingerprint density at radius 3 is 2.68 bits per heavy atom. The van der Waals surface area contributed by atoms with Gasteiger partial charge in [-0.15, -0.1) is 0 Å². The smallest absolute Gasteiger partial charge is 0.269 e. The van der Waals surface area contributed by atoms with E-state index in [1.54, 1.807) is 12.1 Å². The van der Waals surface area contributed by atoms with E-state index in [1.807, 2.05) is 6.07 Å². The third kappa shape index (κ3) is 4.00. The van der Waals surface area contributed by atoms with Crippen molar-refractivity contribution in [2.75, 3.05) is 25.1 Å². The van der Waals surface area contributed by atoms with Crippen LogP contribution in [0, 0.1) is 16.0 Å². The number of nitro benzene ring substituents is 1. The van der Waals surface area contributed by atoms with Crippen LogP contribution in [0.4, 0.5) is 5.69 Å². The van der Waals surface area contributed by atoms with Crippen molar-refractivity contribution in [2.24, 2.45) is 5.92 Å². The number of non-ortho nitro benzene ring substituents is 1. The first-order valence-electron chi connectivity index (χ1n) is 5.97. The van der Waals surface area contributed by atoms with E-state index < -0.39 is 14.8 Å². The largest absolute Gasteiger partial charge is 0.298 e. The summed E-state index contributed by atoms with van der Waals surface area (Å²) in [5.74, 6) is 0.409. The molecule has 1 aromatic rings. The molecule has 104 valence electrons. The molecule has 2 rings (SSSR count). The Kier molecular flexibility index (Phi) is 3.86. The first kappa shape index (κ1) is 14.0. The third-order valence-electron chi connectivity index (χ3n) is 3.10.